The zero-order chi connectivity index (χ0) is 15.1. The van der Waals surface area contributed by atoms with Gasteiger partial charge in [0.1, 0.15) is 12.4 Å². The number of ether oxygens (including phenoxy) is 1. The Balaban J connectivity index is 1.65. The number of hydrogen-bond acceptors (Lipinski definition) is 3. The summed E-state index contributed by atoms with van der Waals surface area (Å²) in [6, 6.07) is 9.55. The van der Waals surface area contributed by atoms with Gasteiger partial charge in [0.25, 0.3) is 5.91 Å². The first-order valence-corrected chi connectivity index (χ1v) is 7.12. The van der Waals surface area contributed by atoms with Gasteiger partial charge in [-0.25, -0.2) is 0 Å². The summed E-state index contributed by atoms with van der Waals surface area (Å²) in [4.78, 5) is 12.0. The lowest BCUT2D eigenvalue weighted by Gasteiger charge is -2.08. The summed E-state index contributed by atoms with van der Waals surface area (Å²) >= 11 is 0. The van der Waals surface area contributed by atoms with Gasteiger partial charge in [0.05, 0.1) is 6.26 Å². The highest BCUT2D eigenvalue weighted by atomic mass is 16.5. The number of hydrogen-bond donors (Lipinski definition) is 1. The maximum absolute atomic E-state index is 12.0. The summed E-state index contributed by atoms with van der Waals surface area (Å²) in [6.07, 6.45) is 2.40. The molecule has 0 fully saturated rings. The molecule has 2 aromatic rings. The minimum absolute atomic E-state index is 0.0291. The van der Waals surface area contributed by atoms with Crippen molar-refractivity contribution in [3.63, 3.8) is 0 Å². The van der Waals surface area contributed by atoms with Crippen LogP contribution in [0.3, 0.4) is 0 Å². The highest BCUT2D eigenvalue weighted by molar-refractivity contribution is 5.95. The molecule has 1 amide bonds. The van der Waals surface area contributed by atoms with Gasteiger partial charge in [0.15, 0.2) is 0 Å². The summed E-state index contributed by atoms with van der Waals surface area (Å²) in [6.45, 7) is 5.63. The van der Waals surface area contributed by atoms with E-state index in [9.17, 15) is 4.79 Å². The summed E-state index contributed by atoms with van der Waals surface area (Å²) in [5, 5.41) is 2.91. The van der Waals surface area contributed by atoms with E-state index in [4.69, 9.17) is 9.15 Å². The third kappa shape index (κ3) is 4.76. The van der Waals surface area contributed by atoms with Crippen molar-refractivity contribution in [3.05, 3.63) is 59.0 Å². The quantitative estimate of drug-likeness (QED) is 0.795. The second-order valence-corrected chi connectivity index (χ2v) is 5.06. The van der Waals surface area contributed by atoms with E-state index in [0.717, 1.165) is 28.9 Å². The lowest BCUT2D eigenvalue weighted by molar-refractivity contribution is 0.0916. The molecule has 0 bridgehead atoms. The molecular weight excluding hydrogens is 266 g/mol. The van der Waals surface area contributed by atoms with E-state index >= 15 is 0 Å². The average molecular weight is 287 g/mol. The molecule has 1 aromatic carbocycles. The molecular formula is C17H21NO3. The number of carbonyl (C=O) groups excluding carboxylic acids is 1. The van der Waals surface area contributed by atoms with Crippen LogP contribution in [0.2, 0.25) is 0 Å². The third-order valence-corrected chi connectivity index (χ3v) is 3.20. The van der Waals surface area contributed by atoms with Crippen molar-refractivity contribution >= 4 is 5.91 Å². The zero-order valence-corrected chi connectivity index (χ0v) is 12.5. The van der Waals surface area contributed by atoms with Crippen LogP contribution in [0.25, 0.3) is 0 Å². The van der Waals surface area contributed by atoms with Crippen molar-refractivity contribution in [2.75, 3.05) is 13.2 Å². The standard InChI is InChI=1S/C17H21NO3/c1-13-6-7-16(14(2)11-13)17(19)18-8-4-9-20-12-15-5-3-10-21-15/h3,5-7,10-11H,4,8-9,12H2,1-2H3,(H,18,19). The Kier molecular flexibility index (Phi) is 5.58. The lowest BCUT2D eigenvalue weighted by atomic mass is 10.1. The molecule has 0 aliphatic heterocycles. The minimum Gasteiger partial charge on any atom is -0.467 e. The van der Waals surface area contributed by atoms with Crippen molar-refractivity contribution in [3.8, 4) is 0 Å². The monoisotopic (exact) mass is 287 g/mol. The Morgan fingerprint density at radius 2 is 2.14 bits per heavy atom. The van der Waals surface area contributed by atoms with Gasteiger partial charge in [0.2, 0.25) is 0 Å². The molecule has 0 saturated heterocycles. The first-order chi connectivity index (χ1) is 10.2. The number of rotatable bonds is 7. The highest BCUT2D eigenvalue weighted by Gasteiger charge is 2.07. The van der Waals surface area contributed by atoms with Crippen LogP contribution in [-0.2, 0) is 11.3 Å². The van der Waals surface area contributed by atoms with Crippen molar-refractivity contribution in [2.24, 2.45) is 0 Å². The second-order valence-electron chi connectivity index (χ2n) is 5.06. The topological polar surface area (TPSA) is 51.5 Å². The van der Waals surface area contributed by atoms with Gasteiger partial charge in [-0.1, -0.05) is 17.7 Å². The average Bonchev–Trinajstić information content (AvgIpc) is 2.95. The number of carbonyl (C=O) groups is 1. The van der Waals surface area contributed by atoms with Crippen LogP contribution >= 0.6 is 0 Å². The van der Waals surface area contributed by atoms with E-state index in [2.05, 4.69) is 5.32 Å². The van der Waals surface area contributed by atoms with E-state index in [-0.39, 0.29) is 5.91 Å². The van der Waals surface area contributed by atoms with Gasteiger partial charge >= 0.3 is 0 Å². The molecule has 0 radical (unpaired) electrons. The van der Waals surface area contributed by atoms with Gasteiger partial charge in [-0.2, -0.15) is 0 Å². The summed E-state index contributed by atoms with van der Waals surface area (Å²) < 4.78 is 10.6. The number of amides is 1. The Morgan fingerprint density at radius 3 is 2.86 bits per heavy atom. The Labute approximate surface area is 125 Å². The van der Waals surface area contributed by atoms with E-state index in [1.54, 1.807) is 6.26 Å². The predicted molar refractivity (Wildman–Crippen MR) is 81.2 cm³/mol. The maximum Gasteiger partial charge on any atom is 0.251 e. The molecule has 0 saturated carbocycles. The fraction of sp³-hybridized carbons (Fsp3) is 0.353. The molecule has 112 valence electrons. The number of furan rings is 1. The van der Waals surface area contributed by atoms with E-state index in [1.165, 1.54) is 0 Å². The molecule has 0 aliphatic rings. The smallest absolute Gasteiger partial charge is 0.251 e. The normalized spacial score (nSPS) is 10.6. The molecule has 0 spiro atoms. The van der Waals surface area contributed by atoms with Crippen molar-refractivity contribution in [2.45, 2.75) is 26.9 Å². The van der Waals surface area contributed by atoms with Gasteiger partial charge in [-0.05, 0) is 44.0 Å². The van der Waals surface area contributed by atoms with Gasteiger partial charge < -0.3 is 14.5 Å². The second kappa shape index (κ2) is 7.64. The number of benzene rings is 1. The van der Waals surface area contributed by atoms with Crippen LogP contribution in [0.4, 0.5) is 0 Å². The van der Waals surface area contributed by atoms with Gasteiger partial charge in [0, 0.05) is 18.7 Å². The van der Waals surface area contributed by atoms with Crippen molar-refractivity contribution in [1.82, 2.24) is 5.32 Å². The van der Waals surface area contributed by atoms with Crippen molar-refractivity contribution in [1.29, 1.82) is 0 Å². The van der Waals surface area contributed by atoms with E-state index in [1.807, 2.05) is 44.2 Å². The molecule has 0 aliphatic carbocycles. The van der Waals surface area contributed by atoms with Crippen LogP contribution in [0, 0.1) is 13.8 Å². The first-order valence-electron chi connectivity index (χ1n) is 7.12. The third-order valence-electron chi connectivity index (χ3n) is 3.20. The summed E-state index contributed by atoms with van der Waals surface area (Å²) in [5.74, 6) is 0.785. The largest absolute Gasteiger partial charge is 0.467 e. The zero-order valence-electron chi connectivity index (χ0n) is 12.5. The van der Waals surface area contributed by atoms with Gasteiger partial charge in [-0.15, -0.1) is 0 Å². The highest BCUT2D eigenvalue weighted by Crippen LogP contribution is 2.10. The SMILES string of the molecule is Cc1ccc(C(=O)NCCCOCc2ccco2)c(C)c1. The first kappa shape index (κ1) is 15.3. The molecule has 4 heteroatoms. The summed E-state index contributed by atoms with van der Waals surface area (Å²) in [5.41, 5.74) is 2.90. The Bertz CT molecular complexity index is 576. The van der Waals surface area contributed by atoms with Crippen LogP contribution in [-0.4, -0.2) is 19.1 Å². The molecule has 0 atom stereocenters. The molecule has 21 heavy (non-hydrogen) atoms. The molecule has 1 N–H and O–H groups in total. The molecule has 1 heterocycles. The fourth-order valence-corrected chi connectivity index (χ4v) is 2.11. The van der Waals surface area contributed by atoms with E-state index in [0.29, 0.717) is 19.8 Å². The van der Waals surface area contributed by atoms with Crippen LogP contribution in [0.1, 0.15) is 33.7 Å². The number of nitrogens with one attached hydrogen (secondary N) is 1. The molecule has 2 rings (SSSR count). The lowest BCUT2D eigenvalue weighted by Crippen LogP contribution is -2.26. The molecule has 4 nitrogen and oxygen atoms in total. The maximum atomic E-state index is 12.0. The van der Waals surface area contributed by atoms with Crippen LogP contribution in [0.15, 0.2) is 41.0 Å². The van der Waals surface area contributed by atoms with Crippen LogP contribution < -0.4 is 5.32 Å². The van der Waals surface area contributed by atoms with E-state index < -0.39 is 0 Å². The summed E-state index contributed by atoms with van der Waals surface area (Å²) in [7, 11) is 0. The molecule has 1 aromatic heterocycles. The Hall–Kier alpha value is -2.07. The Morgan fingerprint density at radius 1 is 1.29 bits per heavy atom. The molecule has 0 unspecified atom stereocenters. The fourth-order valence-electron chi connectivity index (χ4n) is 2.11. The van der Waals surface area contributed by atoms with Crippen LogP contribution in [0.5, 0.6) is 0 Å². The minimum atomic E-state index is -0.0291. The van der Waals surface area contributed by atoms with Gasteiger partial charge in [-0.3, -0.25) is 4.79 Å². The van der Waals surface area contributed by atoms with Crippen molar-refractivity contribution < 1.29 is 13.9 Å². The number of aryl methyl sites for hydroxylation is 2. The predicted octanol–water partition coefficient (Wildman–Crippen LogP) is 3.23.